The second-order valence-corrected chi connectivity index (χ2v) is 7.54. The van der Waals surface area contributed by atoms with Crippen LogP contribution >= 0.6 is 0 Å². The minimum Gasteiger partial charge on any atom is -0.389 e. The van der Waals surface area contributed by atoms with Gasteiger partial charge in [-0.15, -0.1) is 0 Å². The maximum Gasteiger partial charge on any atom is 0.415 e. The SMILES string of the molecule is COC(c1ccccc1)C1N([C@H](C)c2cccc3ccccc23)C(=O)OC1(OC)OC. The van der Waals surface area contributed by atoms with Gasteiger partial charge >= 0.3 is 12.1 Å². The van der Waals surface area contributed by atoms with Gasteiger partial charge in [0.2, 0.25) is 0 Å². The van der Waals surface area contributed by atoms with Crippen LogP contribution in [-0.2, 0) is 18.9 Å². The second kappa shape index (κ2) is 8.67. The molecule has 0 bridgehead atoms. The van der Waals surface area contributed by atoms with Crippen molar-refractivity contribution in [1.82, 2.24) is 4.90 Å². The summed E-state index contributed by atoms with van der Waals surface area (Å²) in [5, 5.41) is 2.18. The molecule has 6 nitrogen and oxygen atoms in total. The van der Waals surface area contributed by atoms with Gasteiger partial charge < -0.3 is 18.9 Å². The summed E-state index contributed by atoms with van der Waals surface area (Å²) in [7, 11) is 4.54. The van der Waals surface area contributed by atoms with E-state index in [4.69, 9.17) is 18.9 Å². The Hall–Kier alpha value is -2.93. The van der Waals surface area contributed by atoms with Crippen molar-refractivity contribution in [2.24, 2.45) is 0 Å². The van der Waals surface area contributed by atoms with Crippen molar-refractivity contribution in [2.75, 3.05) is 21.3 Å². The van der Waals surface area contributed by atoms with E-state index in [9.17, 15) is 4.79 Å². The number of benzene rings is 3. The molecule has 0 aliphatic carbocycles. The number of fused-ring (bicyclic) bond motifs is 1. The Bertz CT molecular complexity index is 1040. The fourth-order valence-corrected chi connectivity index (χ4v) is 4.51. The first-order valence-corrected chi connectivity index (χ1v) is 10.2. The Kier molecular flexibility index (Phi) is 5.96. The van der Waals surface area contributed by atoms with Crippen molar-refractivity contribution < 1.29 is 23.7 Å². The van der Waals surface area contributed by atoms with Crippen LogP contribution in [0.5, 0.6) is 0 Å². The van der Waals surface area contributed by atoms with Crippen LogP contribution in [0.25, 0.3) is 10.8 Å². The minimum atomic E-state index is -1.60. The van der Waals surface area contributed by atoms with Gasteiger partial charge in [0.15, 0.2) is 6.04 Å². The van der Waals surface area contributed by atoms with Crippen molar-refractivity contribution in [3.05, 3.63) is 83.9 Å². The molecule has 0 spiro atoms. The fraction of sp³-hybridized carbons (Fsp3) is 0.320. The van der Waals surface area contributed by atoms with Gasteiger partial charge in [0.1, 0.15) is 6.10 Å². The standard InChI is InChI=1S/C25H27NO5/c1-17(20-16-10-14-18-11-8-9-15-21(18)20)26-23(25(29-3,30-4)31-24(26)27)22(28-2)19-12-6-5-7-13-19/h5-17,22-23H,1-4H3/t17-,22?,23?/m1/s1. The number of carbonyl (C=O) groups excluding carboxylic acids is 1. The zero-order valence-electron chi connectivity index (χ0n) is 18.1. The number of methoxy groups -OCH3 is 3. The first kappa shape index (κ1) is 21.3. The van der Waals surface area contributed by atoms with E-state index in [1.807, 2.05) is 61.5 Å². The van der Waals surface area contributed by atoms with Crippen LogP contribution in [0, 0.1) is 0 Å². The predicted octanol–water partition coefficient (Wildman–Crippen LogP) is 5.06. The molecule has 6 heteroatoms. The molecule has 31 heavy (non-hydrogen) atoms. The molecule has 0 saturated carbocycles. The molecular weight excluding hydrogens is 394 g/mol. The summed E-state index contributed by atoms with van der Waals surface area (Å²) in [5.41, 5.74) is 1.90. The summed E-state index contributed by atoms with van der Waals surface area (Å²) in [6.07, 6.45) is -1.06. The average Bonchev–Trinajstić information content (AvgIpc) is 3.12. The Morgan fingerprint density at radius 2 is 1.55 bits per heavy atom. The average molecular weight is 421 g/mol. The highest BCUT2D eigenvalue weighted by Gasteiger charge is 2.61. The molecule has 3 aromatic carbocycles. The van der Waals surface area contributed by atoms with Crippen LogP contribution in [-0.4, -0.2) is 44.3 Å². The van der Waals surface area contributed by atoms with E-state index < -0.39 is 24.2 Å². The number of nitrogens with zero attached hydrogens (tertiary/aromatic N) is 1. The molecular formula is C25H27NO5. The van der Waals surface area contributed by atoms with E-state index in [1.165, 1.54) is 14.2 Å². The molecule has 162 valence electrons. The van der Waals surface area contributed by atoms with Crippen molar-refractivity contribution >= 4 is 16.9 Å². The number of amides is 1. The summed E-state index contributed by atoms with van der Waals surface area (Å²) < 4.78 is 22.9. The number of ether oxygens (including phenoxy) is 4. The Labute approximate surface area is 182 Å². The van der Waals surface area contributed by atoms with Gasteiger partial charge in [-0.2, -0.15) is 0 Å². The van der Waals surface area contributed by atoms with Crippen molar-refractivity contribution in [1.29, 1.82) is 0 Å². The minimum absolute atomic E-state index is 0.322. The van der Waals surface area contributed by atoms with Crippen LogP contribution in [0.15, 0.2) is 72.8 Å². The van der Waals surface area contributed by atoms with E-state index in [-0.39, 0.29) is 6.04 Å². The summed E-state index contributed by atoms with van der Waals surface area (Å²) in [6, 6.07) is 22.9. The molecule has 1 amide bonds. The van der Waals surface area contributed by atoms with Gasteiger partial charge in [0.25, 0.3) is 0 Å². The molecule has 1 saturated heterocycles. The van der Waals surface area contributed by atoms with E-state index in [0.717, 1.165) is 21.9 Å². The van der Waals surface area contributed by atoms with Gasteiger partial charge in [0.05, 0.1) is 6.04 Å². The third-order valence-electron chi connectivity index (χ3n) is 6.03. The normalized spacial score (nSPS) is 19.9. The quantitative estimate of drug-likeness (QED) is 0.500. The van der Waals surface area contributed by atoms with Crippen molar-refractivity contribution in [3.63, 3.8) is 0 Å². The Morgan fingerprint density at radius 1 is 0.903 bits per heavy atom. The van der Waals surface area contributed by atoms with Gasteiger partial charge in [-0.25, -0.2) is 4.79 Å². The first-order chi connectivity index (χ1) is 15.1. The van der Waals surface area contributed by atoms with Gasteiger partial charge in [-0.1, -0.05) is 72.8 Å². The van der Waals surface area contributed by atoms with Gasteiger partial charge in [-0.05, 0) is 28.8 Å². The highest BCUT2D eigenvalue weighted by Crippen LogP contribution is 2.45. The monoisotopic (exact) mass is 421 g/mol. The van der Waals surface area contributed by atoms with Crippen LogP contribution in [0.2, 0.25) is 0 Å². The summed E-state index contributed by atoms with van der Waals surface area (Å²) in [5.74, 6) is -1.60. The number of rotatable bonds is 7. The maximum atomic E-state index is 13.2. The molecule has 1 fully saturated rings. The first-order valence-electron chi connectivity index (χ1n) is 10.2. The van der Waals surface area contributed by atoms with Crippen LogP contribution in [0.4, 0.5) is 4.79 Å². The Morgan fingerprint density at radius 3 is 2.23 bits per heavy atom. The summed E-state index contributed by atoms with van der Waals surface area (Å²) in [6.45, 7) is 1.98. The lowest BCUT2D eigenvalue weighted by molar-refractivity contribution is -0.343. The highest BCUT2D eigenvalue weighted by molar-refractivity contribution is 5.86. The number of hydrogen-bond acceptors (Lipinski definition) is 5. The van der Waals surface area contributed by atoms with Crippen LogP contribution in [0.3, 0.4) is 0 Å². The third-order valence-corrected chi connectivity index (χ3v) is 6.03. The third kappa shape index (κ3) is 3.57. The summed E-state index contributed by atoms with van der Waals surface area (Å²) >= 11 is 0. The van der Waals surface area contributed by atoms with Crippen LogP contribution < -0.4 is 0 Å². The molecule has 2 unspecified atom stereocenters. The van der Waals surface area contributed by atoms with Crippen molar-refractivity contribution in [2.45, 2.75) is 31.1 Å². The molecule has 1 aliphatic rings. The number of hydrogen-bond donors (Lipinski definition) is 0. The van der Waals surface area contributed by atoms with Gasteiger partial charge in [-0.3, -0.25) is 4.90 Å². The molecule has 1 aliphatic heterocycles. The van der Waals surface area contributed by atoms with E-state index in [0.29, 0.717) is 0 Å². The lowest BCUT2D eigenvalue weighted by atomic mass is 9.94. The smallest absolute Gasteiger partial charge is 0.389 e. The van der Waals surface area contributed by atoms with Crippen LogP contribution in [0.1, 0.15) is 30.2 Å². The van der Waals surface area contributed by atoms with Gasteiger partial charge in [0, 0.05) is 21.3 Å². The molecule has 4 rings (SSSR count). The summed E-state index contributed by atoms with van der Waals surface area (Å²) in [4.78, 5) is 14.9. The topological polar surface area (TPSA) is 57.2 Å². The molecule has 0 radical (unpaired) electrons. The zero-order valence-corrected chi connectivity index (χ0v) is 18.1. The van der Waals surface area contributed by atoms with Crippen molar-refractivity contribution in [3.8, 4) is 0 Å². The maximum absolute atomic E-state index is 13.2. The fourth-order valence-electron chi connectivity index (χ4n) is 4.51. The zero-order chi connectivity index (χ0) is 22.0. The van der Waals surface area contributed by atoms with E-state index in [1.54, 1.807) is 12.0 Å². The molecule has 0 aromatic heterocycles. The van der Waals surface area contributed by atoms with E-state index in [2.05, 4.69) is 18.2 Å². The molecule has 1 heterocycles. The lowest BCUT2D eigenvalue weighted by Gasteiger charge is -2.38. The molecule has 3 aromatic rings. The largest absolute Gasteiger partial charge is 0.415 e. The molecule has 0 N–H and O–H groups in total. The number of cyclic esters (lactones) is 1. The highest BCUT2D eigenvalue weighted by atomic mass is 16.9. The predicted molar refractivity (Wildman–Crippen MR) is 117 cm³/mol. The lowest BCUT2D eigenvalue weighted by Crippen LogP contribution is -2.52. The second-order valence-electron chi connectivity index (χ2n) is 7.54. The number of carbonyl (C=O) groups is 1. The Balaban J connectivity index is 1.85. The molecule has 3 atom stereocenters. The van der Waals surface area contributed by atoms with E-state index >= 15 is 0 Å².